The van der Waals surface area contributed by atoms with Crippen molar-refractivity contribution in [2.45, 2.75) is 82.1 Å². The van der Waals surface area contributed by atoms with Crippen molar-refractivity contribution in [3.63, 3.8) is 0 Å². The smallest absolute Gasteiger partial charge is 0.239 e. The van der Waals surface area contributed by atoms with Gasteiger partial charge in [0.2, 0.25) is 11.7 Å². The van der Waals surface area contributed by atoms with Crippen LogP contribution in [0.3, 0.4) is 0 Å². The molecule has 7 rings (SSSR count). The third kappa shape index (κ3) is 8.33. The van der Waals surface area contributed by atoms with Crippen LogP contribution in [0.5, 0.6) is 17.2 Å². The fourth-order valence-corrected chi connectivity index (χ4v) is 9.11. The summed E-state index contributed by atoms with van der Waals surface area (Å²) in [5, 5.41) is 24.6. The van der Waals surface area contributed by atoms with Crippen LogP contribution in [-0.4, -0.2) is 71.7 Å². The Hall–Kier alpha value is -4.77. The normalized spacial score (nSPS) is 25.6. The van der Waals surface area contributed by atoms with Crippen LogP contribution < -0.4 is 9.47 Å². The van der Waals surface area contributed by atoms with Gasteiger partial charge >= 0.3 is 0 Å². The van der Waals surface area contributed by atoms with Crippen LogP contribution in [-0.2, 0) is 21.0 Å². The number of aldehydes is 1. The number of ether oxygens (including phenoxy) is 3. The highest BCUT2D eigenvalue weighted by Gasteiger charge is 2.65. The molecule has 1 heterocycles. The molecule has 10 heteroatoms. The molecule has 10 nitrogen and oxygen atoms in total. The molecule has 2 N–H and O–H groups in total. The number of aliphatic hydroxyl groups excluding tert-OH is 2. The Balaban J connectivity index is 1.40. The standard InChI is InChI=1S/C46H54N2O8/c1-3-24-53-46-42(48(2)45(52)33-18-19-33)28-40(47-54-30-31-12-5-4-6-13-31)38-26-34(15-7-9-22-49)37(17-8-10-23-50)43(44(38)46)39-27-36(20-21-41(39)56-46)55-35-16-11-14-32(25-35)29-51/h3-6,11-14,16,20-21,25-27,29,33-34,37,42-44,49-50H,1,7-10,15,17-19,22-24,28,30H2,2H3. The van der Waals surface area contributed by atoms with E-state index in [0.29, 0.717) is 48.7 Å². The quantitative estimate of drug-likeness (QED) is 0.0545. The summed E-state index contributed by atoms with van der Waals surface area (Å²) < 4.78 is 20.6. The molecule has 1 aliphatic heterocycles. The number of amides is 1. The van der Waals surface area contributed by atoms with Crippen LogP contribution in [0.2, 0.25) is 0 Å². The highest BCUT2D eigenvalue weighted by Crippen LogP contribution is 2.62. The lowest BCUT2D eigenvalue weighted by Gasteiger charge is -2.59. The molecule has 3 aliphatic carbocycles. The monoisotopic (exact) mass is 762 g/mol. The van der Waals surface area contributed by atoms with Crippen LogP contribution in [0, 0.1) is 23.7 Å². The first-order chi connectivity index (χ1) is 27.4. The minimum Gasteiger partial charge on any atom is -0.459 e. The van der Waals surface area contributed by atoms with E-state index in [1.54, 1.807) is 24.3 Å². The maximum Gasteiger partial charge on any atom is 0.239 e. The molecule has 56 heavy (non-hydrogen) atoms. The zero-order chi connectivity index (χ0) is 39.1. The zero-order valence-corrected chi connectivity index (χ0v) is 32.3. The average Bonchev–Trinajstić information content (AvgIpc) is 4.08. The maximum atomic E-state index is 14.0. The third-order valence-electron chi connectivity index (χ3n) is 11.9. The van der Waals surface area contributed by atoms with E-state index in [0.717, 1.165) is 67.2 Å². The Bertz CT molecular complexity index is 1910. The van der Waals surface area contributed by atoms with Crippen LogP contribution in [0.1, 0.15) is 85.2 Å². The molecule has 0 saturated heterocycles. The van der Waals surface area contributed by atoms with Gasteiger partial charge in [0, 0.05) is 49.6 Å². The molecule has 3 aromatic rings. The largest absolute Gasteiger partial charge is 0.459 e. The van der Waals surface area contributed by atoms with E-state index in [1.165, 1.54) is 0 Å². The summed E-state index contributed by atoms with van der Waals surface area (Å²) in [5.41, 5.74) is 4.23. The molecule has 296 valence electrons. The molecular weight excluding hydrogens is 709 g/mol. The fourth-order valence-electron chi connectivity index (χ4n) is 9.11. The second kappa shape index (κ2) is 18.0. The molecular formula is C46H54N2O8. The summed E-state index contributed by atoms with van der Waals surface area (Å²) in [5.74, 6) is 0.183. The lowest BCUT2D eigenvalue weighted by molar-refractivity contribution is -0.255. The topological polar surface area (TPSA) is 127 Å². The van der Waals surface area contributed by atoms with E-state index < -0.39 is 17.7 Å². The predicted octanol–water partition coefficient (Wildman–Crippen LogP) is 7.99. The first-order valence-electron chi connectivity index (χ1n) is 20.1. The van der Waals surface area contributed by atoms with Crippen molar-refractivity contribution in [1.82, 2.24) is 4.90 Å². The Kier molecular flexibility index (Phi) is 12.7. The molecule has 0 radical (unpaired) electrons. The summed E-state index contributed by atoms with van der Waals surface area (Å²) in [6, 6.07) is 22.3. The molecule has 2 saturated carbocycles. The summed E-state index contributed by atoms with van der Waals surface area (Å²) in [4.78, 5) is 33.6. The third-order valence-corrected chi connectivity index (χ3v) is 11.9. The van der Waals surface area contributed by atoms with E-state index in [-0.39, 0.29) is 49.4 Å². The first-order valence-corrected chi connectivity index (χ1v) is 20.1. The Morgan fingerprint density at radius 1 is 0.982 bits per heavy atom. The van der Waals surface area contributed by atoms with Gasteiger partial charge in [-0.05, 0) is 91.8 Å². The molecule has 0 aromatic heterocycles. The molecule has 6 unspecified atom stereocenters. The van der Waals surface area contributed by atoms with Gasteiger partial charge in [0.25, 0.3) is 0 Å². The molecule has 0 bridgehead atoms. The lowest BCUT2D eigenvalue weighted by atomic mass is 9.55. The highest BCUT2D eigenvalue weighted by molar-refractivity contribution is 6.03. The number of hydrogen-bond donors (Lipinski definition) is 2. The predicted molar refractivity (Wildman–Crippen MR) is 214 cm³/mol. The van der Waals surface area contributed by atoms with Crippen LogP contribution in [0.25, 0.3) is 0 Å². The van der Waals surface area contributed by atoms with Gasteiger partial charge in [-0.15, -0.1) is 6.58 Å². The van der Waals surface area contributed by atoms with Gasteiger partial charge in [-0.2, -0.15) is 0 Å². The second-order valence-electron chi connectivity index (χ2n) is 15.5. The summed E-state index contributed by atoms with van der Waals surface area (Å²) >= 11 is 0. The summed E-state index contributed by atoms with van der Waals surface area (Å²) in [6.07, 6.45) is 11.7. The highest BCUT2D eigenvalue weighted by atomic mass is 16.7. The van der Waals surface area contributed by atoms with Crippen molar-refractivity contribution in [2.75, 3.05) is 26.9 Å². The number of aliphatic hydroxyl groups is 2. The van der Waals surface area contributed by atoms with E-state index in [2.05, 4.69) is 12.7 Å². The van der Waals surface area contributed by atoms with Gasteiger partial charge in [0.15, 0.2) is 0 Å². The Morgan fingerprint density at radius 2 is 1.75 bits per heavy atom. The molecule has 1 amide bonds. The Morgan fingerprint density at radius 3 is 2.48 bits per heavy atom. The van der Waals surface area contributed by atoms with Crippen molar-refractivity contribution >= 4 is 17.9 Å². The number of fused-ring (bicyclic) bond motifs is 2. The summed E-state index contributed by atoms with van der Waals surface area (Å²) in [7, 11) is 1.86. The van der Waals surface area contributed by atoms with E-state index in [9.17, 15) is 19.8 Å². The Labute approximate surface area is 329 Å². The molecule has 0 spiro atoms. The summed E-state index contributed by atoms with van der Waals surface area (Å²) in [6.45, 7) is 4.72. The van der Waals surface area contributed by atoms with Crippen molar-refractivity contribution in [3.05, 3.63) is 114 Å². The molecule has 6 atom stereocenters. The first kappa shape index (κ1) is 39.5. The number of rotatable bonds is 19. The number of allylic oxidation sites excluding steroid dienone is 1. The number of likely N-dealkylation sites (N-methyl/N-ethyl adjacent to an activating group) is 1. The number of carbonyl (C=O) groups is 2. The number of oxime groups is 1. The minimum absolute atomic E-state index is 0.0271. The zero-order valence-electron chi connectivity index (χ0n) is 32.3. The molecule has 3 aromatic carbocycles. The van der Waals surface area contributed by atoms with Crippen LogP contribution in [0.15, 0.2) is 102 Å². The van der Waals surface area contributed by atoms with Gasteiger partial charge in [-0.1, -0.05) is 72.6 Å². The molecule has 2 fully saturated rings. The SMILES string of the molecule is C=CCOC12Oc3ccc(Oc4cccc(C=O)c4)cc3C3C(CCCCO)C(CCCCO)C=C(C(=NOCc4ccccc4)CC1N(C)C(=O)C1CC1)C32. The minimum atomic E-state index is -1.29. The number of hydrogen-bond acceptors (Lipinski definition) is 9. The van der Waals surface area contributed by atoms with Crippen molar-refractivity contribution in [3.8, 4) is 17.2 Å². The van der Waals surface area contributed by atoms with Gasteiger partial charge in [0.1, 0.15) is 36.2 Å². The van der Waals surface area contributed by atoms with E-state index in [4.69, 9.17) is 24.2 Å². The van der Waals surface area contributed by atoms with E-state index in [1.807, 2.05) is 66.5 Å². The van der Waals surface area contributed by atoms with Crippen LogP contribution in [0.4, 0.5) is 0 Å². The van der Waals surface area contributed by atoms with Gasteiger partial charge in [-0.3, -0.25) is 9.59 Å². The van der Waals surface area contributed by atoms with Crippen molar-refractivity contribution in [1.29, 1.82) is 0 Å². The van der Waals surface area contributed by atoms with Crippen molar-refractivity contribution in [2.24, 2.45) is 28.8 Å². The van der Waals surface area contributed by atoms with E-state index >= 15 is 0 Å². The second-order valence-corrected chi connectivity index (χ2v) is 15.5. The number of nitrogens with zero attached hydrogens (tertiary/aromatic N) is 2. The maximum absolute atomic E-state index is 14.0. The van der Waals surface area contributed by atoms with Gasteiger partial charge < -0.3 is 34.2 Å². The molecule has 4 aliphatic rings. The van der Waals surface area contributed by atoms with Crippen LogP contribution >= 0.6 is 0 Å². The average molecular weight is 763 g/mol. The number of carbonyl (C=O) groups excluding carboxylic acids is 2. The van der Waals surface area contributed by atoms with Gasteiger partial charge in [0.05, 0.1) is 18.2 Å². The lowest BCUT2D eigenvalue weighted by Crippen LogP contribution is -2.69. The van der Waals surface area contributed by atoms with Crippen molar-refractivity contribution < 1.29 is 38.9 Å². The van der Waals surface area contributed by atoms with Gasteiger partial charge in [-0.25, -0.2) is 0 Å². The fraction of sp³-hybridized carbons (Fsp3) is 0.457. The number of benzene rings is 3. The number of unbranched alkanes of at least 4 members (excludes halogenated alkanes) is 2.